The van der Waals surface area contributed by atoms with Crippen LogP contribution in [0, 0.1) is 0 Å². The Balaban J connectivity index is 1.21. The molecule has 0 aliphatic heterocycles. The Hall–Kier alpha value is -6.90. The van der Waals surface area contributed by atoms with E-state index in [1.807, 2.05) is 72.8 Å². The molecule has 0 N–H and O–H groups in total. The molecule has 52 heavy (non-hydrogen) atoms. The molecule has 0 unspecified atom stereocenters. The molecule has 2 nitrogen and oxygen atoms in total. The van der Waals surface area contributed by atoms with E-state index in [0.29, 0.717) is 5.56 Å². The van der Waals surface area contributed by atoms with Crippen LogP contribution >= 0.6 is 0 Å². The first-order chi connectivity index (χ1) is 27.9. The fraction of sp³-hybridized carbons (Fsp3) is 0. The minimum absolute atomic E-state index is 0.194. The zero-order valence-corrected chi connectivity index (χ0v) is 27.8. The first kappa shape index (κ1) is 24.3. The van der Waals surface area contributed by atoms with Crippen LogP contribution in [-0.4, -0.2) is 0 Å². The molecule has 0 amide bonds. The van der Waals surface area contributed by atoms with E-state index >= 15 is 0 Å². The third kappa shape index (κ3) is 4.31. The van der Waals surface area contributed by atoms with Crippen LogP contribution in [0.5, 0.6) is 0 Å². The highest BCUT2D eigenvalue weighted by Crippen LogP contribution is 2.47. The smallest absolute Gasteiger partial charge is 0.136 e. The molecule has 242 valence electrons. The highest BCUT2D eigenvalue weighted by molar-refractivity contribution is 6.22. The molecule has 0 radical (unpaired) electrons. The lowest BCUT2D eigenvalue weighted by atomic mass is 9.84. The van der Waals surface area contributed by atoms with Gasteiger partial charge < -0.3 is 8.83 Å². The molecule has 2 aromatic heterocycles. The average Bonchev–Trinajstić information content (AvgIpc) is 3.82. The van der Waals surface area contributed by atoms with Crippen LogP contribution in [0.3, 0.4) is 0 Å². The molecule has 0 aliphatic rings. The summed E-state index contributed by atoms with van der Waals surface area (Å²) < 4.78 is 55.9. The van der Waals surface area contributed by atoms with Crippen LogP contribution in [0.2, 0.25) is 0 Å². The number of para-hydroxylation sites is 2. The van der Waals surface area contributed by atoms with Crippen molar-refractivity contribution in [1.82, 2.24) is 0 Å². The first-order valence-electron chi connectivity index (χ1n) is 19.8. The molecule has 2 heteroatoms. The largest absolute Gasteiger partial charge is 0.456 e. The fourth-order valence-corrected chi connectivity index (χ4v) is 8.16. The van der Waals surface area contributed by atoms with Crippen molar-refractivity contribution in [3.8, 4) is 44.5 Å². The van der Waals surface area contributed by atoms with Crippen molar-refractivity contribution in [1.29, 1.82) is 0 Å². The number of hydrogen-bond donors (Lipinski definition) is 0. The van der Waals surface area contributed by atoms with Gasteiger partial charge in [0.15, 0.2) is 0 Å². The van der Waals surface area contributed by atoms with Crippen LogP contribution in [-0.2, 0) is 0 Å². The second-order valence-corrected chi connectivity index (χ2v) is 13.2. The SMILES string of the molecule is [2H]c1c([2H])c([2H])c(-c2c3ccccc3c(-c3cccc(-c4c(-c5ccc6oc7ccccc7c6c5)ccc5oc6ccccc6c45)c3)c3ccccc23)c([2H])c1[2H]. The third-order valence-electron chi connectivity index (χ3n) is 10.4. The number of rotatable bonds is 4. The molecule has 0 spiro atoms. The summed E-state index contributed by atoms with van der Waals surface area (Å²) in [4.78, 5) is 0. The minimum Gasteiger partial charge on any atom is -0.456 e. The zero-order valence-electron chi connectivity index (χ0n) is 32.8. The van der Waals surface area contributed by atoms with Gasteiger partial charge in [0.05, 0.1) is 6.85 Å². The number of furan rings is 2. The van der Waals surface area contributed by atoms with Crippen molar-refractivity contribution in [3.05, 3.63) is 182 Å². The van der Waals surface area contributed by atoms with Gasteiger partial charge in [0.1, 0.15) is 22.3 Å². The van der Waals surface area contributed by atoms with E-state index in [1.165, 1.54) is 0 Å². The van der Waals surface area contributed by atoms with E-state index in [4.69, 9.17) is 15.7 Å². The Morgan fingerprint density at radius 2 is 0.846 bits per heavy atom. The van der Waals surface area contributed by atoms with E-state index in [1.54, 1.807) is 0 Å². The Kier molecular flexibility index (Phi) is 5.28. The van der Waals surface area contributed by atoms with Crippen LogP contribution in [0.25, 0.3) is 110 Å². The van der Waals surface area contributed by atoms with Crippen LogP contribution < -0.4 is 0 Å². The molecule has 0 saturated carbocycles. The molecular weight excluding hydrogens is 633 g/mol. The molecule has 0 fully saturated rings. The molecule has 0 aliphatic carbocycles. The maximum absolute atomic E-state index is 8.96. The lowest BCUT2D eigenvalue weighted by molar-refractivity contribution is 0.668. The predicted molar refractivity (Wildman–Crippen MR) is 218 cm³/mol. The van der Waals surface area contributed by atoms with Gasteiger partial charge in [0.2, 0.25) is 0 Å². The molecular formula is C50H30O2. The van der Waals surface area contributed by atoms with Crippen molar-refractivity contribution in [3.63, 3.8) is 0 Å². The minimum atomic E-state index is -0.409. The topological polar surface area (TPSA) is 26.3 Å². The Bertz CT molecular complexity index is 3400. The maximum Gasteiger partial charge on any atom is 0.136 e. The molecule has 11 rings (SSSR count). The second kappa shape index (κ2) is 11.3. The van der Waals surface area contributed by atoms with Gasteiger partial charge in [-0.2, -0.15) is 0 Å². The first-order valence-corrected chi connectivity index (χ1v) is 17.3. The summed E-state index contributed by atoms with van der Waals surface area (Å²) in [5, 5.41) is 7.63. The average molecular weight is 668 g/mol. The van der Waals surface area contributed by atoms with Gasteiger partial charge in [-0.1, -0.05) is 145 Å². The number of fused-ring (bicyclic) bond motifs is 8. The van der Waals surface area contributed by atoms with Gasteiger partial charge in [-0.15, -0.1) is 0 Å². The lowest BCUT2D eigenvalue weighted by Gasteiger charge is -2.19. The second-order valence-electron chi connectivity index (χ2n) is 13.2. The number of benzene rings is 9. The summed E-state index contributed by atoms with van der Waals surface area (Å²) in [7, 11) is 0. The van der Waals surface area contributed by atoms with E-state index in [9.17, 15) is 0 Å². The van der Waals surface area contributed by atoms with E-state index in [0.717, 1.165) is 98.8 Å². The van der Waals surface area contributed by atoms with Gasteiger partial charge in [-0.05, 0) is 96.9 Å². The van der Waals surface area contributed by atoms with Crippen molar-refractivity contribution >= 4 is 65.4 Å². The van der Waals surface area contributed by atoms with Gasteiger partial charge in [0, 0.05) is 27.1 Å². The molecule has 0 bridgehead atoms. The molecule has 9 aromatic carbocycles. The van der Waals surface area contributed by atoms with Crippen LogP contribution in [0.15, 0.2) is 191 Å². The third-order valence-corrected chi connectivity index (χ3v) is 10.4. The van der Waals surface area contributed by atoms with Crippen molar-refractivity contribution in [2.75, 3.05) is 0 Å². The maximum atomic E-state index is 8.96. The normalized spacial score (nSPS) is 13.2. The molecule has 2 heterocycles. The van der Waals surface area contributed by atoms with Crippen LogP contribution in [0.1, 0.15) is 6.85 Å². The molecule has 0 saturated heterocycles. The summed E-state index contributed by atoms with van der Waals surface area (Å²) >= 11 is 0. The van der Waals surface area contributed by atoms with E-state index in [-0.39, 0.29) is 29.7 Å². The van der Waals surface area contributed by atoms with Gasteiger partial charge in [-0.3, -0.25) is 0 Å². The monoisotopic (exact) mass is 667 g/mol. The summed E-state index contributed by atoms with van der Waals surface area (Å²) in [5.74, 6) is 0. The summed E-state index contributed by atoms with van der Waals surface area (Å²) in [6.07, 6.45) is 0. The van der Waals surface area contributed by atoms with Crippen LogP contribution in [0.4, 0.5) is 0 Å². The summed E-state index contributed by atoms with van der Waals surface area (Å²) in [5.41, 5.74) is 10.3. The predicted octanol–water partition coefficient (Wildman–Crippen LogP) is 14.5. The number of hydrogen-bond acceptors (Lipinski definition) is 2. The zero-order chi connectivity index (χ0) is 38.5. The lowest BCUT2D eigenvalue weighted by Crippen LogP contribution is -1.92. The standard InChI is InChI=1S/C50H30O2/c1-2-13-31(14-3-1)47-37-18-4-6-20-39(37)48(40-21-7-5-19-38(40)47)33-15-12-16-34(29-33)49-35(26-28-46-50(49)41-22-9-11-24-44(41)52-46)32-25-27-45-42(30-32)36-17-8-10-23-43(36)51-45/h1-30H/i1D,2D,3D,13D,14D. The van der Waals surface area contributed by atoms with Crippen molar-refractivity contribution in [2.45, 2.75) is 0 Å². The van der Waals surface area contributed by atoms with Gasteiger partial charge >= 0.3 is 0 Å². The highest BCUT2D eigenvalue weighted by Gasteiger charge is 2.21. The van der Waals surface area contributed by atoms with E-state index < -0.39 is 6.04 Å². The quantitative estimate of drug-likeness (QED) is 0.175. The Morgan fingerprint density at radius 3 is 1.54 bits per heavy atom. The van der Waals surface area contributed by atoms with Gasteiger partial charge in [0.25, 0.3) is 0 Å². The van der Waals surface area contributed by atoms with Crippen molar-refractivity contribution < 1.29 is 15.7 Å². The molecule has 0 atom stereocenters. The Labute approximate surface area is 306 Å². The summed E-state index contributed by atoms with van der Waals surface area (Å²) in [6.45, 7) is 0. The van der Waals surface area contributed by atoms with E-state index in [2.05, 4.69) is 78.9 Å². The Morgan fingerprint density at radius 1 is 0.327 bits per heavy atom. The summed E-state index contributed by atoms with van der Waals surface area (Å²) in [6, 6.07) is 49.9. The fourth-order valence-electron chi connectivity index (χ4n) is 8.16. The van der Waals surface area contributed by atoms with Crippen molar-refractivity contribution in [2.24, 2.45) is 0 Å². The highest BCUT2D eigenvalue weighted by atomic mass is 16.3. The molecule has 11 aromatic rings. The van der Waals surface area contributed by atoms with Gasteiger partial charge in [-0.25, -0.2) is 0 Å².